The predicted molar refractivity (Wildman–Crippen MR) is 78.8 cm³/mol. The van der Waals surface area contributed by atoms with E-state index in [1.54, 1.807) is 19.1 Å². The van der Waals surface area contributed by atoms with Gasteiger partial charge in [0.1, 0.15) is 0 Å². The van der Waals surface area contributed by atoms with E-state index in [1.165, 1.54) is 12.1 Å². The molecule has 1 aromatic rings. The molecule has 4 N–H and O–H groups in total. The van der Waals surface area contributed by atoms with E-state index < -0.39 is 10.0 Å². The lowest BCUT2D eigenvalue weighted by molar-refractivity contribution is -0.116. The molecule has 0 saturated carbocycles. The van der Waals surface area contributed by atoms with Crippen molar-refractivity contribution in [2.45, 2.75) is 37.6 Å². The minimum atomic E-state index is -3.46. The maximum Gasteiger partial charge on any atom is 0.240 e. The Labute approximate surface area is 119 Å². The molecule has 0 aliphatic carbocycles. The summed E-state index contributed by atoms with van der Waals surface area (Å²) in [6.45, 7) is 3.89. The number of amides is 1. The van der Waals surface area contributed by atoms with Crippen LogP contribution in [0.15, 0.2) is 29.2 Å². The molecule has 0 bridgehead atoms. The molecule has 1 atom stereocenters. The molecule has 0 aromatic heterocycles. The topological polar surface area (TPSA) is 101 Å². The van der Waals surface area contributed by atoms with E-state index in [-0.39, 0.29) is 16.8 Å². The number of rotatable bonds is 7. The van der Waals surface area contributed by atoms with Gasteiger partial charge in [0, 0.05) is 24.7 Å². The van der Waals surface area contributed by atoms with Crippen molar-refractivity contribution in [1.82, 2.24) is 4.72 Å². The Morgan fingerprint density at radius 2 is 1.90 bits per heavy atom. The Bertz CT molecular complexity index is 538. The summed E-state index contributed by atoms with van der Waals surface area (Å²) < 4.78 is 25.9. The molecule has 0 fully saturated rings. The van der Waals surface area contributed by atoms with E-state index in [0.717, 1.165) is 0 Å². The molecule has 20 heavy (non-hydrogen) atoms. The Morgan fingerprint density at radius 1 is 1.30 bits per heavy atom. The van der Waals surface area contributed by atoms with E-state index in [9.17, 15) is 13.2 Å². The van der Waals surface area contributed by atoms with E-state index in [2.05, 4.69) is 10.0 Å². The highest BCUT2D eigenvalue weighted by atomic mass is 32.2. The lowest BCUT2D eigenvalue weighted by atomic mass is 10.2. The Balaban J connectivity index is 2.65. The number of carbonyl (C=O) groups is 1. The van der Waals surface area contributed by atoms with Gasteiger partial charge in [-0.2, -0.15) is 0 Å². The summed E-state index contributed by atoms with van der Waals surface area (Å²) in [4.78, 5) is 11.8. The van der Waals surface area contributed by atoms with Crippen molar-refractivity contribution in [3.05, 3.63) is 24.3 Å². The maximum atomic E-state index is 11.7. The molecule has 0 saturated heterocycles. The summed E-state index contributed by atoms with van der Waals surface area (Å²) in [6.07, 6.45) is 0.952. The van der Waals surface area contributed by atoms with Crippen LogP contribution in [0.2, 0.25) is 0 Å². The van der Waals surface area contributed by atoms with Gasteiger partial charge in [-0.05, 0) is 37.6 Å². The quantitative estimate of drug-likeness (QED) is 0.700. The van der Waals surface area contributed by atoms with Crippen LogP contribution in [0.5, 0.6) is 0 Å². The first-order valence-electron chi connectivity index (χ1n) is 6.50. The Hall–Kier alpha value is -1.44. The van der Waals surface area contributed by atoms with Crippen molar-refractivity contribution in [2.24, 2.45) is 5.73 Å². The fourth-order valence-electron chi connectivity index (χ4n) is 1.57. The average Bonchev–Trinajstić information content (AvgIpc) is 2.37. The highest BCUT2D eigenvalue weighted by Gasteiger charge is 2.12. The second-order valence-electron chi connectivity index (χ2n) is 4.59. The number of hydrogen-bond acceptors (Lipinski definition) is 4. The number of anilines is 1. The van der Waals surface area contributed by atoms with Gasteiger partial charge in [0.05, 0.1) is 4.90 Å². The summed E-state index contributed by atoms with van der Waals surface area (Å²) in [5, 5.41) is 2.70. The maximum absolute atomic E-state index is 11.7. The van der Waals surface area contributed by atoms with E-state index in [4.69, 9.17) is 5.73 Å². The second-order valence-corrected chi connectivity index (χ2v) is 6.36. The molecular formula is C13H21N3O3S. The van der Waals surface area contributed by atoms with Gasteiger partial charge in [-0.1, -0.05) is 6.92 Å². The van der Waals surface area contributed by atoms with Gasteiger partial charge < -0.3 is 11.1 Å². The predicted octanol–water partition coefficient (Wildman–Crippen LogP) is 1.05. The van der Waals surface area contributed by atoms with E-state index in [1.807, 2.05) is 6.92 Å². The van der Waals surface area contributed by atoms with Crippen LogP contribution in [-0.2, 0) is 14.8 Å². The fourth-order valence-corrected chi connectivity index (χ4v) is 2.61. The summed E-state index contributed by atoms with van der Waals surface area (Å²) in [5.41, 5.74) is 6.14. The molecule has 0 aliphatic rings. The van der Waals surface area contributed by atoms with Crippen molar-refractivity contribution < 1.29 is 13.2 Å². The van der Waals surface area contributed by atoms with Gasteiger partial charge >= 0.3 is 0 Å². The molecule has 6 nitrogen and oxygen atoms in total. The van der Waals surface area contributed by atoms with Crippen LogP contribution in [-0.4, -0.2) is 26.9 Å². The second kappa shape index (κ2) is 7.37. The zero-order valence-electron chi connectivity index (χ0n) is 11.7. The van der Waals surface area contributed by atoms with E-state index >= 15 is 0 Å². The van der Waals surface area contributed by atoms with Crippen molar-refractivity contribution in [3.8, 4) is 0 Å². The number of benzene rings is 1. The summed E-state index contributed by atoms with van der Waals surface area (Å²) >= 11 is 0. The lowest BCUT2D eigenvalue weighted by Crippen LogP contribution is -2.23. The van der Waals surface area contributed by atoms with Gasteiger partial charge in [-0.15, -0.1) is 0 Å². The highest BCUT2D eigenvalue weighted by Crippen LogP contribution is 2.14. The van der Waals surface area contributed by atoms with Crippen LogP contribution in [0.1, 0.15) is 26.7 Å². The molecule has 112 valence electrons. The van der Waals surface area contributed by atoms with Crippen LogP contribution >= 0.6 is 0 Å². The summed E-state index contributed by atoms with van der Waals surface area (Å²) in [6, 6.07) is 6.02. The van der Waals surface area contributed by atoms with Crippen LogP contribution in [0.25, 0.3) is 0 Å². The number of hydrogen-bond donors (Lipinski definition) is 3. The molecule has 1 unspecified atom stereocenters. The van der Waals surface area contributed by atoms with Crippen LogP contribution < -0.4 is 15.8 Å². The number of carbonyl (C=O) groups excluding carboxylic acids is 1. The highest BCUT2D eigenvalue weighted by molar-refractivity contribution is 7.89. The van der Waals surface area contributed by atoms with Crippen molar-refractivity contribution in [3.63, 3.8) is 0 Å². The number of nitrogens with two attached hydrogens (primary N) is 1. The van der Waals surface area contributed by atoms with Gasteiger partial charge in [0.25, 0.3) is 0 Å². The largest absolute Gasteiger partial charge is 0.328 e. The normalized spacial score (nSPS) is 12.9. The average molecular weight is 299 g/mol. The summed E-state index contributed by atoms with van der Waals surface area (Å²) in [5.74, 6) is -0.135. The Morgan fingerprint density at radius 3 is 2.40 bits per heavy atom. The van der Waals surface area contributed by atoms with Crippen molar-refractivity contribution in [1.29, 1.82) is 0 Å². The smallest absolute Gasteiger partial charge is 0.240 e. The van der Waals surface area contributed by atoms with E-state index in [0.29, 0.717) is 25.1 Å². The van der Waals surface area contributed by atoms with Crippen molar-refractivity contribution in [2.75, 3.05) is 11.9 Å². The van der Waals surface area contributed by atoms with Crippen LogP contribution in [0.3, 0.4) is 0 Å². The zero-order chi connectivity index (χ0) is 15.2. The molecular weight excluding hydrogens is 278 g/mol. The minimum Gasteiger partial charge on any atom is -0.328 e. The fraction of sp³-hybridized carbons (Fsp3) is 0.462. The molecule has 0 aliphatic heterocycles. The molecule has 1 aromatic carbocycles. The molecule has 0 spiro atoms. The Kier molecular flexibility index (Phi) is 6.12. The van der Waals surface area contributed by atoms with Gasteiger partial charge in [0.2, 0.25) is 15.9 Å². The third kappa shape index (κ3) is 5.28. The molecule has 1 rings (SSSR count). The first-order valence-corrected chi connectivity index (χ1v) is 7.98. The molecule has 0 heterocycles. The molecule has 0 radical (unpaired) electrons. The lowest BCUT2D eigenvalue weighted by Gasteiger charge is -2.08. The third-order valence-corrected chi connectivity index (χ3v) is 4.17. The van der Waals surface area contributed by atoms with Crippen LogP contribution in [0, 0.1) is 0 Å². The third-order valence-electron chi connectivity index (χ3n) is 2.61. The first kappa shape index (κ1) is 16.6. The van der Waals surface area contributed by atoms with Crippen LogP contribution in [0.4, 0.5) is 5.69 Å². The van der Waals surface area contributed by atoms with Gasteiger partial charge in [0.15, 0.2) is 0 Å². The van der Waals surface area contributed by atoms with Gasteiger partial charge in [-0.25, -0.2) is 13.1 Å². The standard InChI is InChI=1S/C13H21N3O3S/c1-3-15-20(18,19)12-7-5-11(6-8-12)16-13(17)9-4-10(2)14/h5-8,10,15H,3-4,9,14H2,1-2H3,(H,16,17). The minimum absolute atomic E-state index is 0.0200. The molecule has 1 amide bonds. The monoisotopic (exact) mass is 299 g/mol. The van der Waals surface area contributed by atoms with Crippen molar-refractivity contribution >= 4 is 21.6 Å². The SMILES string of the molecule is CCNS(=O)(=O)c1ccc(NC(=O)CCC(C)N)cc1. The molecule has 7 heteroatoms. The number of sulfonamides is 1. The van der Waals surface area contributed by atoms with Gasteiger partial charge in [-0.3, -0.25) is 4.79 Å². The number of nitrogens with one attached hydrogen (secondary N) is 2. The first-order chi connectivity index (χ1) is 9.35. The summed E-state index contributed by atoms with van der Waals surface area (Å²) in [7, 11) is -3.46. The zero-order valence-corrected chi connectivity index (χ0v) is 12.5.